The first-order chi connectivity index (χ1) is 17.0. The van der Waals surface area contributed by atoms with Gasteiger partial charge in [-0.25, -0.2) is 4.98 Å². The molecule has 2 heterocycles. The molecule has 0 radical (unpaired) electrons. The number of likely N-dealkylation sites (tertiary alicyclic amines) is 1. The molecule has 1 aliphatic rings. The Morgan fingerprint density at radius 3 is 2.66 bits per heavy atom. The third-order valence-corrected chi connectivity index (χ3v) is 7.13. The van der Waals surface area contributed by atoms with Gasteiger partial charge in [0.2, 0.25) is 5.91 Å². The molecule has 188 valence electrons. The lowest BCUT2D eigenvalue weighted by Crippen LogP contribution is -2.35. The van der Waals surface area contributed by atoms with E-state index in [-0.39, 0.29) is 11.8 Å². The standard InChI is InChI=1S/C28H37ClN4O2/c1-21-8-6-9-25-27(21)31-26(20-35-24-12-10-23(29)11-13-24)33(25)19-14-22(2)28(34)30-15-7-18-32-16-4-3-5-17-32/h6,8-13,22H,3-5,7,14-20H2,1-2H3,(H,30,34). The minimum absolute atomic E-state index is 0.0720. The summed E-state index contributed by atoms with van der Waals surface area (Å²) in [6.45, 7) is 9.37. The zero-order valence-electron chi connectivity index (χ0n) is 20.9. The van der Waals surface area contributed by atoms with Crippen molar-refractivity contribution in [3.8, 4) is 5.75 Å². The largest absolute Gasteiger partial charge is 0.486 e. The predicted octanol–water partition coefficient (Wildman–Crippen LogP) is 5.60. The van der Waals surface area contributed by atoms with E-state index in [1.165, 1.54) is 32.4 Å². The molecule has 0 saturated carbocycles. The van der Waals surface area contributed by atoms with Crippen molar-refractivity contribution in [1.82, 2.24) is 19.8 Å². The number of hydrogen-bond donors (Lipinski definition) is 1. The predicted molar refractivity (Wildman–Crippen MR) is 142 cm³/mol. The van der Waals surface area contributed by atoms with E-state index in [1.807, 2.05) is 31.2 Å². The fourth-order valence-corrected chi connectivity index (χ4v) is 4.82. The van der Waals surface area contributed by atoms with Gasteiger partial charge in [-0.3, -0.25) is 4.79 Å². The van der Waals surface area contributed by atoms with Gasteiger partial charge < -0.3 is 19.5 Å². The van der Waals surface area contributed by atoms with E-state index in [1.54, 1.807) is 0 Å². The molecule has 2 aromatic carbocycles. The lowest BCUT2D eigenvalue weighted by molar-refractivity contribution is -0.124. The molecule has 1 atom stereocenters. The molecule has 0 bridgehead atoms. The second kappa shape index (κ2) is 12.4. The van der Waals surface area contributed by atoms with Crippen molar-refractivity contribution in [2.45, 2.75) is 59.1 Å². The maximum Gasteiger partial charge on any atom is 0.222 e. The third kappa shape index (κ3) is 6.98. The van der Waals surface area contributed by atoms with Crippen LogP contribution >= 0.6 is 11.6 Å². The van der Waals surface area contributed by atoms with Crippen molar-refractivity contribution >= 4 is 28.5 Å². The fourth-order valence-electron chi connectivity index (χ4n) is 4.70. The van der Waals surface area contributed by atoms with Crippen LogP contribution in [0, 0.1) is 12.8 Å². The molecular weight excluding hydrogens is 460 g/mol. The number of para-hydroxylation sites is 1. The summed E-state index contributed by atoms with van der Waals surface area (Å²) in [5, 5.41) is 3.82. The molecule has 35 heavy (non-hydrogen) atoms. The summed E-state index contributed by atoms with van der Waals surface area (Å²) in [6.07, 6.45) is 5.71. The smallest absolute Gasteiger partial charge is 0.222 e. The highest BCUT2D eigenvalue weighted by atomic mass is 35.5. The number of carbonyl (C=O) groups is 1. The molecule has 1 amide bonds. The Hall–Kier alpha value is -2.57. The van der Waals surface area contributed by atoms with Crippen molar-refractivity contribution in [3.63, 3.8) is 0 Å². The maximum absolute atomic E-state index is 12.7. The van der Waals surface area contributed by atoms with Crippen LogP contribution in [0.4, 0.5) is 0 Å². The lowest BCUT2D eigenvalue weighted by atomic mass is 10.1. The summed E-state index contributed by atoms with van der Waals surface area (Å²) in [7, 11) is 0. The van der Waals surface area contributed by atoms with Gasteiger partial charge in [0.15, 0.2) is 0 Å². The molecule has 1 aliphatic heterocycles. The monoisotopic (exact) mass is 496 g/mol. The normalized spacial score (nSPS) is 15.3. The van der Waals surface area contributed by atoms with Crippen LogP contribution in [0.15, 0.2) is 42.5 Å². The minimum Gasteiger partial charge on any atom is -0.486 e. The number of nitrogens with zero attached hydrogens (tertiary/aromatic N) is 3. The van der Waals surface area contributed by atoms with Crippen molar-refractivity contribution in [2.75, 3.05) is 26.2 Å². The molecule has 3 aromatic rings. The first-order valence-electron chi connectivity index (χ1n) is 12.8. The third-order valence-electron chi connectivity index (χ3n) is 6.87. The van der Waals surface area contributed by atoms with Gasteiger partial charge in [0.25, 0.3) is 0 Å². The van der Waals surface area contributed by atoms with Crippen molar-refractivity contribution in [2.24, 2.45) is 5.92 Å². The second-order valence-electron chi connectivity index (χ2n) is 9.60. The molecule has 1 N–H and O–H groups in total. The number of nitrogens with one attached hydrogen (secondary N) is 1. The molecule has 4 rings (SSSR count). The Balaban J connectivity index is 1.33. The van der Waals surface area contributed by atoms with Gasteiger partial charge in [-0.15, -0.1) is 0 Å². The summed E-state index contributed by atoms with van der Waals surface area (Å²) in [4.78, 5) is 20.1. The number of carbonyl (C=O) groups excluding carboxylic acids is 1. The molecule has 1 fully saturated rings. The van der Waals surface area contributed by atoms with Gasteiger partial charge in [-0.2, -0.15) is 0 Å². The van der Waals surface area contributed by atoms with Crippen LogP contribution in [-0.4, -0.2) is 46.5 Å². The molecule has 1 unspecified atom stereocenters. The van der Waals surface area contributed by atoms with E-state index in [0.29, 0.717) is 18.2 Å². The summed E-state index contributed by atoms with van der Waals surface area (Å²) in [6, 6.07) is 13.6. The SMILES string of the molecule is Cc1cccc2c1nc(COc1ccc(Cl)cc1)n2CCC(C)C(=O)NCCCN1CCCCC1. The molecule has 1 saturated heterocycles. The van der Waals surface area contributed by atoms with Crippen LogP contribution in [0.1, 0.15) is 50.4 Å². The molecule has 1 aromatic heterocycles. The number of amides is 1. The van der Waals surface area contributed by atoms with Crippen LogP contribution < -0.4 is 10.1 Å². The van der Waals surface area contributed by atoms with Crippen LogP contribution in [-0.2, 0) is 17.9 Å². The Morgan fingerprint density at radius 2 is 1.89 bits per heavy atom. The van der Waals surface area contributed by atoms with Gasteiger partial charge >= 0.3 is 0 Å². The zero-order valence-corrected chi connectivity index (χ0v) is 21.7. The van der Waals surface area contributed by atoms with Gasteiger partial charge in [-0.05, 0) is 88.1 Å². The highest BCUT2D eigenvalue weighted by Gasteiger charge is 2.17. The summed E-state index contributed by atoms with van der Waals surface area (Å²) in [5.74, 6) is 1.67. The minimum atomic E-state index is -0.0720. The quantitative estimate of drug-likeness (QED) is 0.351. The number of aromatic nitrogens is 2. The van der Waals surface area contributed by atoms with Gasteiger partial charge in [-0.1, -0.05) is 37.1 Å². The topological polar surface area (TPSA) is 59.4 Å². The number of halogens is 1. The zero-order chi connectivity index (χ0) is 24.6. The fraction of sp³-hybridized carbons (Fsp3) is 0.500. The lowest BCUT2D eigenvalue weighted by Gasteiger charge is -2.26. The van der Waals surface area contributed by atoms with Crippen LogP contribution in [0.2, 0.25) is 5.02 Å². The Kier molecular flexibility index (Phi) is 9.05. The molecule has 0 aliphatic carbocycles. The van der Waals surface area contributed by atoms with E-state index in [0.717, 1.165) is 54.1 Å². The number of ether oxygens (including phenoxy) is 1. The highest BCUT2D eigenvalue weighted by molar-refractivity contribution is 6.30. The van der Waals surface area contributed by atoms with E-state index in [9.17, 15) is 4.79 Å². The van der Waals surface area contributed by atoms with Crippen LogP contribution in [0.3, 0.4) is 0 Å². The average molecular weight is 497 g/mol. The van der Waals surface area contributed by atoms with Crippen LogP contribution in [0.25, 0.3) is 11.0 Å². The van der Waals surface area contributed by atoms with Gasteiger partial charge in [0.1, 0.15) is 18.2 Å². The Bertz CT molecular complexity index is 1110. The first kappa shape index (κ1) is 25.5. The molecule has 0 spiro atoms. The highest BCUT2D eigenvalue weighted by Crippen LogP contribution is 2.23. The number of benzene rings is 2. The number of rotatable bonds is 11. The molecular formula is C28H37ClN4O2. The van der Waals surface area contributed by atoms with Crippen molar-refractivity contribution < 1.29 is 9.53 Å². The average Bonchev–Trinajstić information content (AvgIpc) is 3.24. The van der Waals surface area contributed by atoms with Crippen LogP contribution in [0.5, 0.6) is 5.75 Å². The van der Waals surface area contributed by atoms with E-state index in [4.69, 9.17) is 21.3 Å². The van der Waals surface area contributed by atoms with E-state index >= 15 is 0 Å². The molecule has 7 heteroatoms. The molecule has 6 nitrogen and oxygen atoms in total. The summed E-state index contributed by atoms with van der Waals surface area (Å²) in [5.41, 5.74) is 3.19. The summed E-state index contributed by atoms with van der Waals surface area (Å²) < 4.78 is 8.19. The van der Waals surface area contributed by atoms with E-state index in [2.05, 4.69) is 39.9 Å². The maximum atomic E-state index is 12.7. The van der Waals surface area contributed by atoms with Crippen molar-refractivity contribution in [1.29, 1.82) is 0 Å². The van der Waals surface area contributed by atoms with E-state index < -0.39 is 0 Å². The van der Waals surface area contributed by atoms with Crippen molar-refractivity contribution in [3.05, 3.63) is 58.9 Å². The number of piperidine rings is 1. The number of fused-ring (bicyclic) bond motifs is 1. The van der Waals surface area contributed by atoms with Gasteiger partial charge in [0, 0.05) is 24.0 Å². The second-order valence-corrected chi connectivity index (χ2v) is 10.0. The Morgan fingerprint density at radius 1 is 1.11 bits per heavy atom. The number of aryl methyl sites for hydroxylation is 2. The Labute approximate surface area is 213 Å². The number of imidazole rings is 1. The number of hydrogen-bond acceptors (Lipinski definition) is 4. The summed E-state index contributed by atoms with van der Waals surface area (Å²) >= 11 is 5.99. The van der Waals surface area contributed by atoms with Gasteiger partial charge in [0.05, 0.1) is 11.0 Å². The first-order valence-corrected chi connectivity index (χ1v) is 13.2.